The topological polar surface area (TPSA) is 109 Å². The van der Waals surface area contributed by atoms with E-state index in [1.807, 2.05) is 25.3 Å². The van der Waals surface area contributed by atoms with Crippen LogP contribution in [0.4, 0.5) is 21.6 Å². The summed E-state index contributed by atoms with van der Waals surface area (Å²) in [5.41, 5.74) is 3.06. The lowest BCUT2D eigenvalue weighted by atomic mass is 10.1. The summed E-state index contributed by atoms with van der Waals surface area (Å²) in [4.78, 5) is 13.7. The van der Waals surface area contributed by atoms with E-state index in [4.69, 9.17) is 14.9 Å². The Hall–Kier alpha value is -3.79. The minimum absolute atomic E-state index is 0.00943. The number of halogens is 1. The molecule has 12 heteroatoms. The molecule has 3 saturated heterocycles. The zero-order chi connectivity index (χ0) is 27.8. The first kappa shape index (κ1) is 26.4. The van der Waals surface area contributed by atoms with Crippen LogP contribution in [-0.2, 0) is 9.47 Å². The van der Waals surface area contributed by atoms with Crippen molar-refractivity contribution in [3.8, 4) is 6.07 Å². The summed E-state index contributed by atoms with van der Waals surface area (Å²) < 4.78 is 27.7. The highest BCUT2D eigenvalue weighted by Crippen LogP contribution is 2.29. The fourth-order valence-corrected chi connectivity index (χ4v) is 6.03. The van der Waals surface area contributed by atoms with E-state index in [0.29, 0.717) is 43.1 Å². The van der Waals surface area contributed by atoms with Crippen LogP contribution >= 0.6 is 0 Å². The second-order valence-corrected chi connectivity index (χ2v) is 10.7. The summed E-state index contributed by atoms with van der Waals surface area (Å²) in [7, 11) is 1.64. The van der Waals surface area contributed by atoms with E-state index in [2.05, 4.69) is 41.8 Å². The molecule has 3 aliphatic rings. The molecule has 3 aliphatic heterocycles. The molecule has 0 saturated carbocycles. The van der Waals surface area contributed by atoms with Crippen molar-refractivity contribution < 1.29 is 13.9 Å². The van der Waals surface area contributed by atoms with Gasteiger partial charge in [-0.15, -0.1) is 0 Å². The molecule has 3 aromatic rings. The average molecular weight is 548 g/mol. The molecule has 0 bridgehead atoms. The maximum atomic E-state index is 14.7. The van der Waals surface area contributed by atoms with Crippen molar-refractivity contribution in [3.63, 3.8) is 0 Å². The highest BCUT2D eigenvalue weighted by Gasteiger charge is 2.31. The average Bonchev–Trinajstić information content (AvgIpc) is 3.55. The Morgan fingerprint density at radius 2 is 1.90 bits per heavy atom. The monoisotopic (exact) mass is 547 g/mol. The molecule has 6 rings (SSSR count). The Labute approximate surface area is 232 Å². The maximum absolute atomic E-state index is 14.7. The molecule has 3 fully saturated rings. The van der Waals surface area contributed by atoms with Gasteiger partial charge in [-0.1, -0.05) is 0 Å². The van der Waals surface area contributed by atoms with E-state index >= 15 is 0 Å². The molecule has 210 valence electrons. The van der Waals surface area contributed by atoms with Gasteiger partial charge in [0, 0.05) is 52.9 Å². The summed E-state index contributed by atoms with van der Waals surface area (Å²) in [6.07, 6.45) is 2.90. The number of ether oxygens (including phenoxy) is 2. The van der Waals surface area contributed by atoms with Gasteiger partial charge in [-0.25, -0.2) is 13.9 Å². The Morgan fingerprint density at radius 1 is 1.07 bits per heavy atom. The van der Waals surface area contributed by atoms with Gasteiger partial charge in [-0.2, -0.15) is 10.4 Å². The van der Waals surface area contributed by atoms with Crippen LogP contribution in [0.5, 0.6) is 0 Å². The molecule has 40 heavy (non-hydrogen) atoms. The zero-order valence-electron chi connectivity index (χ0n) is 22.8. The smallest absolute Gasteiger partial charge is 0.171 e. The lowest BCUT2D eigenvalue weighted by Crippen LogP contribution is -2.54. The van der Waals surface area contributed by atoms with E-state index in [9.17, 15) is 9.65 Å². The first-order chi connectivity index (χ1) is 19.4. The fourth-order valence-electron chi connectivity index (χ4n) is 6.03. The third-order valence-electron chi connectivity index (χ3n) is 8.05. The van der Waals surface area contributed by atoms with E-state index in [0.717, 1.165) is 49.9 Å². The second kappa shape index (κ2) is 11.0. The number of morpholine rings is 1. The molecule has 6 heterocycles. The predicted molar refractivity (Wildman–Crippen MR) is 150 cm³/mol. The number of pyridine rings is 2. The Morgan fingerprint density at radius 3 is 2.60 bits per heavy atom. The van der Waals surface area contributed by atoms with E-state index in [1.165, 1.54) is 10.7 Å². The summed E-state index contributed by atoms with van der Waals surface area (Å²) in [6, 6.07) is 9.73. The number of fused-ring (bicyclic) bond motifs is 1. The summed E-state index contributed by atoms with van der Waals surface area (Å²) in [5.74, 6) is 0.440. The summed E-state index contributed by atoms with van der Waals surface area (Å²) in [5, 5.41) is 21.5. The zero-order valence-corrected chi connectivity index (χ0v) is 22.8. The van der Waals surface area contributed by atoms with Crippen molar-refractivity contribution in [2.75, 3.05) is 80.7 Å². The molecule has 3 aromatic heterocycles. The third kappa shape index (κ3) is 5.08. The van der Waals surface area contributed by atoms with Gasteiger partial charge in [0.2, 0.25) is 0 Å². The molecular weight excluding hydrogens is 513 g/mol. The summed E-state index contributed by atoms with van der Waals surface area (Å²) >= 11 is 0. The van der Waals surface area contributed by atoms with Gasteiger partial charge in [-0.05, 0) is 31.2 Å². The van der Waals surface area contributed by atoms with Gasteiger partial charge in [0.1, 0.15) is 29.2 Å². The van der Waals surface area contributed by atoms with Gasteiger partial charge in [0.15, 0.2) is 5.82 Å². The molecule has 1 N–H and O–H groups in total. The summed E-state index contributed by atoms with van der Waals surface area (Å²) in [6.45, 7) is 8.94. The van der Waals surface area contributed by atoms with Crippen LogP contribution < -0.4 is 14.7 Å². The van der Waals surface area contributed by atoms with Crippen LogP contribution in [0.2, 0.25) is 0 Å². The SMILES string of the molecule is CO[C@@H]1CN(c2ccc(N3CCN(C[C@H]4CN(c5ccc(C#N)n6ncc(F)c56)C[C@@H](C)O4)CC3)cn2)CC1=N. The van der Waals surface area contributed by atoms with Crippen LogP contribution in [-0.4, -0.2) is 110 Å². The molecule has 0 amide bonds. The van der Waals surface area contributed by atoms with E-state index in [-0.39, 0.29) is 18.3 Å². The number of nitrogens with zero attached hydrogens (tertiary/aromatic N) is 8. The van der Waals surface area contributed by atoms with Crippen molar-refractivity contribution in [1.29, 1.82) is 10.7 Å². The maximum Gasteiger partial charge on any atom is 0.171 e. The van der Waals surface area contributed by atoms with Crippen molar-refractivity contribution in [2.45, 2.75) is 25.2 Å². The van der Waals surface area contributed by atoms with E-state index < -0.39 is 5.82 Å². The van der Waals surface area contributed by atoms with Crippen LogP contribution in [0.25, 0.3) is 5.52 Å². The third-order valence-corrected chi connectivity index (χ3v) is 8.05. The van der Waals surface area contributed by atoms with Crippen molar-refractivity contribution >= 4 is 28.4 Å². The number of piperazine rings is 1. The number of nitrogens with one attached hydrogen (secondary N) is 1. The molecule has 0 radical (unpaired) electrons. The number of methoxy groups -OCH3 is 1. The largest absolute Gasteiger partial charge is 0.374 e. The van der Waals surface area contributed by atoms with Crippen LogP contribution in [0.1, 0.15) is 12.6 Å². The van der Waals surface area contributed by atoms with Crippen LogP contribution in [0, 0.1) is 22.6 Å². The molecule has 11 nitrogen and oxygen atoms in total. The minimum Gasteiger partial charge on any atom is -0.374 e. The van der Waals surface area contributed by atoms with Crippen molar-refractivity contribution in [3.05, 3.63) is 48.2 Å². The molecule has 0 aliphatic carbocycles. The van der Waals surface area contributed by atoms with E-state index in [1.54, 1.807) is 13.2 Å². The number of aromatic nitrogens is 3. The molecule has 0 aromatic carbocycles. The Kier molecular flexibility index (Phi) is 7.27. The number of rotatable bonds is 6. The first-order valence-electron chi connectivity index (χ1n) is 13.7. The molecule has 3 atom stereocenters. The fraction of sp³-hybridized carbons (Fsp3) is 0.500. The van der Waals surface area contributed by atoms with Gasteiger partial charge < -0.3 is 29.6 Å². The first-order valence-corrected chi connectivity index (χ1v) is 13.7. The Bertz CT molecular complexity index is 1410. The normalized spacial score (nSPS) is 24.2. The molecular formula is C28H34FN9O2. The number of anilines is 3. The van der Waals surface area contributed by atoms with Gasteiger partial charge in [0.05, 0.1) is 54.8 Å². The standard InChI is InChI=1S/C28H34FN9O2/c1-19-14-36(25-5-3-20(11-30)38-28(25)23(29)13-33-38)16-22(40-19)15-34-7-9-35(10-8-34)21-4-6-27(32-12-21)37-17-24(31)26(18-37)39-2/h3-6,12-13,19,22,26,31H,7-10,14-18H2,1-2H3/t19-,22+,26-/m1/s1. The minimum atomic E-state index is -0.430. The highest BCUT2D eigenvalue weighted by atomic mass is 19.1. The molecule has 0 spiro atoms. The second-order valence-electron chi connectivity index (χ2n) is 10.7. The van der Waals surface area contributed by atoms with Crippen LogP contribution in [0.3, 0.4) is 0 Å². The predicted octanol–water partition coefficient (Wildman–Crippen LogP) is 2.01. The highest BCUT2D eigenvalue weighted by molar-refractivity contribution is 5.93. The number of hydrogen-bond acceptors (Lipinski definition) is 10. The lowest BCUT2D eigenvalue weighted by molar-refractivity contribution is -0.0327. The molecule has 0 unspecified atom stereocenters. The number of nitriles is 1. The van der Waals surface area contributed by atoms with Gasteiger partial charge in [-0.3, -0.25) is 4.90 Å². The van der Waals surface area contributed by atoms with Gasteiger partial charge in [0.25, 0.3) is 0 Å². The van der Waals surface area contributed by atoms with Crippen molar-refractivity contribution in [2.24, 2.45) is 0 Å². The lowest BCUT2D eigenvalue weighted by Gasteiger charge is -2.42. The number of hydrogen-bond donors (Lipinski definition) is 1. The van der Waals surface area contributed by atoms with Crippen LogP contribution in [0.15, 0.2) is 36.7 Å². The van der Waals surface area contributed by atoms with Crippen molar-refractivity contribution in [1.82, 2.24) is 19.5 Å². The Balaban J connectivity index is 1.06. The van der Waals surface area contributed by atoms with Gasteiger partial charge >= 0.3 is 0 Å². The quantitative estimate of drug-likeness (QED) is 0.496.